The fourth-order valence-corrected chi connectivity index (χ4v) is 7.66. The monoisotopic (exact) mass is 800 g/mol. The molecule has 0 radical (unpaired) electrons. The zero-order chi connectivity index (χ0) is 39.0. The number of β-lactam (4-membered cyclic amide) rings is 1. The van der Waals surface area contributed by atoms with E-state index in [9.17, 15) is 24.0 Å². The number of carbonyl (C=O) groups excluding carboxylic acids is 5. The Morgan fingerprint density at radius 1 is 1.09 bits per heavy atom. The fraction of sp³-hybridized carbons (Fsp3) is 0.371. The average molecular weight is 801 g/mol. The highest BCUT2D eigenvalue weighted by Gasteiger charge is 2.55. The molecule has 2 aromatic heterocycles. The van der Waals surface area contributed by atoms with Crippen LogP contribution in [0.3, 0.4) is 0 Å². The zero-order valence-electron chi connectivity index (χ0n) is 30.0. The first-order valence-electron chi connectivity index (χ1n) is 16.5. The van der Waals surface area contributed by atoms with Gasteiger partial charge in [-0.1, -0.05) is 46.3 Å². The molecule has 0 aliphatic carbocycles. The van der Waals surface area contributed by atoms with Crippen LogP contribution in [0.5, 0.6) is 5.75 Å². The Kier molecular flexibility index (Phi) is 13.1. The van der Waals surface area contributed by atoms with Gasteiger partial charge in [-0.05, 0) is 38.5 Å². The van der Waals surface area contributed by atoms with Crippen molar-refractivity contribution in [2.24, 2.45) is 5.16 Å². The van der Waals surface area contributed by atoms with E-state index in [2.05, 4.69) is 26.1 Å². The number of alkyl carbamates (subject to hydrolysis) is 1. The third-order valence-corrected chi connectivity index (χ3v) is 10.2. The molecule has 2 atom stereocenters. The molecule has 0 unspecified atom stereocenters. The Bertz CT molecular complexity index is 1950. The van der Waals surface area contributed by atoms with E-state index < -0.39 is 46.8 Å². The number of nitrogens with zero attached hydrogens (tertiary/aromatic N) is 4. The van der Waals surface area contributed by atoms with E-state index in [0.29, 0.717) is 23.6 Å². The van der Waals surface area contributed by atoms with Gasteiger partial charge in [0.2, 0.25) is 5.91 Å². The van der Waals surface area contributed by atoms with Crippen molar-refractivity contribution in [2.45, 2.75) is 57.4 Å². The molecule has 54 heavy (non-hydrogen) atoms. The number of hydrogen-bond acceptors (Lipinski definition) is 13. The summed E-state index contributed by atoms with van der Waals surface area (Å²) in [5.41, 5.74) is 0.411. The molecule has 0 bridgehead atoms. The number of pyridine rings is 1. The van der Waals surface area contributed by atoms with E-state index >= 15 is 0 Å². The largest absolute Gasteiger partial charge is 0.497 e. The lowest BCUT2D eigenvalue weighted by Gasteiger charge is -2.49. The second-order valence-electron chi connectivity index (χ2n) is 12.8. The normalized spacial score (nSPS) is 16.8. The van der Waals surface area contributed by atoms with E-state index in [0.717, 1.165) is 16.9 Å². The molecule has 4 heterocycles. The minimum absolute atomic E-state index is 0.000987. The summed E-state index contributed by atoms with van der Waals surface area (Å²) in [6.07, 6.45) is 2.95. The number of fused-ring (bicyclic) bond motifs is 1. The Morgan fingerprint density at radius 2 is 1.81 bits per heavy atom. The highest BCUT2D eigenvalue weighted by molar-refractivity contribution is 8.00. The topological polar surface area (TPSA) is 191 Å². The SMILES string of the molecule is CO/N=C(\C(=O)N[C@@H]1C(=O)N2C(C(=O)OCc3ccc(OC)cc3)=C(C[n+]3ccccc3)CS[C@H]12)c1nc(NC(=O)CCNC(=O)OC(C)(C)C)sc1Cl. The smallest absolute Gasteiger partial charge is 0.407 e. The van der Waals surface area contributed by atoms with Gasteiger partial charge in [-0.3, -0.25) is 19.3 Å². The second-order valence-corrected chi connectivity index (χ2v) is 15.5. The number of oxime groups is 1. The molecule has 5 rings (SSSR count). The van der Waals surface area contributed by atoms with Gasteiger partial charge >= 0.3 is 12.1 Å². The molecule has 1 saturated heterocycles. The molecule has 2 aliphatic rings. The summed E-state index contributed by atoms with van der Waals surface area (Å²) >= 11 is 8.69. The van der Waals surface area contributed by atoms with Crippen molar-refractivity contribution in [1.82, 2.24) is 20.5 Å². The molecule has 0 saturated carbocycles. The van der Waals surface area contributed by atoms with Gasteiger partial charge in [0.1, 0.15) is 52.2 Å². The molecular formula is C35H39ClN7O9S2+. The van der Waals surface area contributed by atoms with E-state index in [4.69, 9.17) is 30.6 Å². The molecule has 4 amide bonds. The standard InChI is InChI=1S/C35H38ClN7O9S2/c1-35(2,3)52-34(48)37-14-13-23(44)38-33-40-24(28(36)54-33)25(41-50-5)29(45)39-26-30(46)43-27(32(47)51-18-20-9-11-22(49-4)12-10-20)21(19-53-31(26)43)17-42-15-7-6-8-16-42/h6-12,15-16,26,31H,13-14,17-19H2,1-5H3,(H2-,37,38,39,40,44,45,48)/p+1/b41-25-/t26-,31-/m1/s1. The molecule has 1 fully saturated rings. The number of benzene rings is 1. The first kappa shape index (κ1) is 40.0. The fourth-order valence-electron chi connectivity index (χ4n) is 5.26. The molecule has 0 spiro atoms. The number of nitrogens with one attached hydrogen (secondary N) is 3. The van der Waals surface area contributed by atoms with Gasteiger partial charge in [0.25, 0.3) is 11.8 Å². The van der Waals surface area contributed by atoms with Crippen LogP contribution in [0.2, 0.25) is 4.34 Å². The molecule has 19 heteroatoms. The van der Waals surface area contributed by atoms with Crippen molar-refractivity contribution >= 4 is 75.3 Å². The van der Waals surface area contributed by atoms with Gasteiger partial charge in [-0.25, -0.2) is 19.1 Å². The number of carbonyl (C=O) groups is 5. The summed E-state index contributed by atoms with van der Waals surface area (Å²) in [5.74, 6) is -1.47. The number of hydrogen-bond donors (Lipinski definition) is 3. The minimum Gasteiger partial charge on any atom is -0.497 e. The number of methoxy groups -OCH3 is 1. The van der Waals surface area contributed by atoms with E-state index in [-0.39, 0.29) is 46.1 Å². The van der Waals surface area contributed by atoms with Crippen LogP contribution in [0.15, 0.2) is 71.3 Å². The summed E-state index contributed by atoms with van der Waals surface area (Å²) in [6.45, 7) is 5.46. The van der Waals surface area contributed by atoms with Gasteiger partial charge in [-0.15, -0.1) is 11.8 Å². The number of aromatic nitrogens is 2. The maximum atomic E-state index is 13.7. The van der Waals surface area contributed by atoms with E-state index in [1.807, 2.05) is 35.2 Å². The molecule has 2 aliphatic heterocycles. The Balaban J connectivity index is 1.26. The lowest BCUT2D eigenvalue weighted by Crippen LogP contribution is -2.71. The maximum Gasteiger partial charge on any atom is 0.407 e. The lowest BCUT2D eigenvalue weighted by molar-refractivity contribution is -0.689. The van der Waals surface area contributed by atoms with Crippen molar-refractivity contribution in [2.75, 3.05) is 31.8 Å². The predicted molar refractivity (Wildman–Crippen MR) is 200 cm³/mol. The van der Waals surface area contributed by atoms with Gasteiger partial charge in [-0.2, -0.15) is 0 Å². The maximum absolute atomic E-state index is 13.7. The summed E-state index contributed by atoms with van der Waals surface area (Å²) < 4.78 is 18.0. The Morgan fingerprint density at radius 3 is 2.48 bits per heavy atom. The number of thioether (sulfide) groups is 1. The van der Waals surface area contributed by atoms with Crippen molar-refractivity contribution in [3.63, 3.8) is 0 Å². The van der Waals surface area contributed by atoms with Crippen LogP contribution in [-0.4, -0.2) is 88.9 Å². The highest BCUT2D eigenvalue weighted by atomic mass is 35.5. The zero-order valence-corrected chi connectivity index (χ0v) is 32.4. The third-order valence-electron chi connectivity index (χ3n) is 7.68. The van der Waals surface area contributed by atoms with Crippen LogP contribution in [0.1, 0.15) is 38.4 Å². The van der Waals surface area contributed by atoms with Crippen molar-refractivity contribution in [1.29, 1.82) is 0 Å². The Labute approximate surface area is 324 Å². The van der Waals surface area contributed by atoms with Gasteiger partial charge < -0.3 is 35.0 Å². The number of anilines is 1. The van der Waals surface area contributed by atoms with Crippen LogP contribution in [0.25, 0.3) is 0 Å². The average Bonchev–Trinajstić information content (AvgIpc) is 3.49. The molecule has 3 aromatic rings. The van der Waals surface area contributed by atoms with Crippen LogP contribution in [0, 0.1) is 0 Å². The molecule has 3 N–H and O–H groups in total. The number of amides is 4. The second kappa shape index (κ2) is 17.7. The molecular weight excluding hydrogens is 762 g/mol. The third kappa shape index (κ3) is 10.1. The predicted octanol–water partition coefficient (Wildman–Crippen LogP) is 3.39. The minimum atomic E-state index is -1.03. The molecule has 16 nitrogen and oxygen atoms in total. The number of halogens is 1. The van der Waals surface area contributed by atoms with Gasteiger partial charge in [0.15, 0.2) is 29.8 Å². The number of esters is 1. The summed E-state index contributed by atoms with van der Waals surface area (Å²) in [7, 11) is 2.78. The summed E-state index contributed by atoms with van der Waals surface area (Å²) in [5, 5.41) is 11.0. The Hall–Kier alpha value is -5.20. The van der Waals surface area contributed by atoms with Crippen LogP contribution < -0.4 is 25.3 Å². The van der Waals surface area contributed by atoms with Crippen molar-refractivity contribution in [3.05, 3.63) is 81.7 Å². The van der Waals surface area contributed by atoms with E-state index in [1.54, 1.807) is 52.1 Å². The van der Waals surface area contributed by atoms with E-state index in [1.165, 1.54) is 23.8 Å². The quantitative estimate of drug-likeness (QED) is 0.0713. The lowest BCUT2D eigenvalue weighted by atomic mass is 10.0. The first-order valence-corrected chi connectivity index (χ1v) is 18.8. The van der Waals surface area contributed by atoms with Crippen LogP contribution in [-0.2, 0) is 46.6 Å². The molecule has 1 aromatic carbocycles. The van der Waals surface area contributed by atoms with Crippen LogP contribution >= 0.6 is 34.7 Å². The summed E-state index contributed by atoms with van der Waals surface area (Å²) in [6, 6.07) is 11.6. The first-order chi connectivity index (χ1) is 25.8. The van der Waals surface area contributed by atoms with Gasteiger partial charge in [0, 0.05) is 36.4 Å². The molecule has 286 valence electrons. The number of thiazole rings is 1. The van der Waals surface area contributed by atoms with Crippen molar-refractivity contribution in [3.8, 4) is 5.75 Å². The van der Waals surface area contributed by atoms with Gasteiger partial charge in [0.05, 0.1) is 7.11 Å². The van der Waals surface area contributed by atoms with Crippen LogP contribution in [0.4, 0.5) is 9.93 Å². The van der Waals surface area contributed by atoms with Crippen molar-refractivity contribution < 1.29 is 47.6 Å². The number of ether oxygens (including phenoxy) is 3. The summed E-state index contributed by atoms with van der Waals surface area (Å²) in [4.78, 5) is 75.9. The number of rotatable bonds is 14. The highest BCUT2D eigenvalue weighted by Crippen LogP contribution is 2.41.